The summed E-state index contributed by atoms with van der Waals surface area (Å²) < 4.78 is 56.6. The van der Waals surface area contributed by atoms with Crippen molar-refractivity contribution >= 4 is 99.2 Å². The molecule has 12 rings (SSSR count). The summed E-state index contributed by atoms with van der Waals surface area (Å²) >= 11 is 18.3. The fourth-order valence-corrected chi connectivity index (χ4v) is 14.5. The van der Waals surface area contributed by atoms with Crippen LogP contribution in [-0.4, -0.2) is 77.8 Å². The maximum absolute atomic E-state index is 13.6. The lowest BCUT2D eigenvalue weighted by Gasteiger charge is -2.29. The highest BCUT2D eigenvalue weighted by molar-refractivity contribution is 7.90. The molecule has 0 aliphatic heterocycles. The van der Waals surface area contributed by atoms with E-state index in [4.69, 9.17) is 50.5 Å². The van der Waals surface area contributed by atoms with Gasteiger partial charge in [0.1, 0.15) is 11.6 Å². The second-order valence-corrected chi connectivity index (χ2v) is 26.4. The van der Waals surface area contributed by atoms with Crippen LogP contribution in [0.15, 0.2) is 192 Å². The zero-order chi connectivity index (χ0) is 63.0. The Morgan fingerprint density at radius 2 is 0.978 bits per heavy atom. The molecule has 2 aliphatic rings. The molecule has 0 spiro atoms. The van der Waals surface area contributed by atoms with Crippen molar-refractivity contribution in [2.75, 3.05) is 0 Å². The van der Waals surface area contributed by atoms with Gasteiger partial charge in [0, 0.05) is 107 Å². The number of aromatic nitrogens is 6. The summed E-state index contributed by atoms with van der Waals surface area (Å²) in [6.45, 7) is 0. The first-order chi connectivity index (χ1) is 42.7. The fraction of sp³-hybridized carbons (Fsp3) is 0.231. The van der Waals surface area contributed by atoms with Gasteiger partial charge in [0.15, 0.2) is 0 Å². The normalized spacial score (nSPS) is 16.5. The lowest BCUT2D eigenvalue weighted by molar-refractivity contribution is -0.385. The van der Waals surface area contributed by atoms with Crippen molar-refractivity contribution in [3.05, 3.63) is 236 Å². The van der Waals surface area contributed by atoms with Gasteiger partial charge in [0.05, 0.1) is 52.1 Å². The third-order valence-corrected chi connectivity index (χ3v) is 19.7. The number of fused-ring (bicyclic) bond motifs is 2. The number of hydrogen-bond acceptors (Lipinski definition) is 15. The van der Waals surface area contributed by atoms with Gasteiger partial charge >= 0.3 is 0 Å². The third-order valence-electron chi connectivity index (χ3n) is 15.6. The van der Waals surface area contributed by atoms with Crippen molar-refractivity contribution in [3.63, 3.8) is 0 Å². The van der Waals surface area contributed by atoms with Gasteiger partial charge in [0.2, 0.25) is 0 Å². The number of nitro groups is 2. The zero-order valence-electron chi connectivity index (χ0n) is 47.4. The predicted octanol–water partition coefficient (Wildman–Crippen LogP) is 14.1. The number of carbonyl (C=O) groups excluding carboxylic acids is 2. The number of hydrogen-bond donors (Lipinski definition) is 2. The van der Waals surface area contributed by atoms with Crippen LogP contribution < -0.4 is 11.1 Å². The van der Waals surface area contributed by atoms with E-state index in [1.165, 1.54) is 56.5 Å². The highest BCUT2D eigenvalue weighted by atomic mass is 35.5. The Balaban J connectivity index is 0.000000183. The van der Waals surface area contributed by atoms with Gasteiger partial charge in [-0.25, -0.2) is 44.7 Å². The summed E-state index contributed by atoms with van der Waals surface area (Å²) in [7, 11) is -7.66. The summed E-state index contributed by atoms with van der Waals surface area (Å²) in [4.78, 5) is 62.3. The number of nitrogens with one attached hydrogen (secondary N) is 1. The molecule has 4 unspecified atom stereocenters. The summed E-state index contributed by atoms with van der Waals surface area (Å²) in [6.07, 6.45) is 15.3. The topological polar surface area (TPSA) is 288 Å². The molecule has 464 valence electrons. The van der Waals surface area contributed by atoms with Crippen molar-refractivity contribution in [2.45, 2.75) is 93.5 Å². The number of halogens is 3. The van der Waals surface area contributed by atoms with Crippen LogP contribution in [0, 0.1) is 32.1 Å². The Morgan fingerprint density at radius 1 is 0.567 bits per heavy atom. The molecule has 90 heavy (non-hydrogen) atoms. The quantitative estimate of drug-likeness (QED) is 0.0548. The fourth-order valence-electron chi connectivity index (χ4n) is 11.2. The van der Waals surface area contributed by atoms with E-state index in [0.29, 0.717) is 78.5 Å². The Kier molecular flexibility index (Phi) is 21.0. The first kappa shape index (κ1) is 65.7. The SMILES string of the molecule is C.NC1CCCC(Cc2ncc(Cl)c(-c3cn(S(=O)(=O)c4ccccc4)c4ccccc34)n2)C1.O=C(Cl)c1ccc([N+](=O)[O-])cc1.O=C(NC1CCCC(Cc2ncc(Cl)c(-c3cn(S(=O)(=O)c4ccccc4)c4ccccc34)n2)C1)c1ccc([N+](=O)[O-])cc1. The molecule has 25 heteroatoms. The number of nitrogens with zero attached hydrogens (tertiary/aromatic N) is 8. The zero-order valence-corrected chi connectivity index (χ0v) is 51.3. The second kappa shape index (κ2) is 28.8. The second-order valence-electron chi connectivity index (χ2n) is 21.6. The van der Waals surface area contributed by atoms with Gasteiger partial charge < -0.3 is 11.1 Å². The van der Waals surface area contributed by atoms with Gasteiger partial charge in [-0.2, -0.15) is 0 Å². The van der Waals surface area contributed by atoms with E-state index >= 15 is 0 Å². The molecule has 0 radical (unpaired) electrons. The minimum absolute atomic E-state index is 0. The number of benzene rings is 6. The highest BCUT2D eigenvalue weighted by Crippen LogP contribution is 2.38. The number of nitrogens with two attached hydrogens (primary N) is 1. The summed E-state index contributed by atoms with van der Waals surface area (Å²) in [5.74, 6) is 1.68. The molecular weight excluding hydrogens is 1250 g/mol. The number of carbonyl (C=O) groups is 2. The molecule has 0 saturated heterocycles. The third kappa shape index (κ3) is 15.1. The maximum atomic E-state index is 13.6. The van der Waals surface area contributed by atoms with Crippen LogP contribution >= 0.6 is 34.8 Å². The Hall–Kier alpha value is -8.77. The molecule has 6 aromatic carbocycles. The number of amides is 1. The van der Waals surface area contributed by atoms with Crippen LogP contribution in [0.5, 0.6) is 0 Å². The van der Waals surface area contributed by atoms with Crippen LogP contribution in [0.2, 0.25) is 10.0 Å². The van der Waals surface area contributed by atoms with E-state index < -0.39 is 35.1 Å². The van der Waals surface area contributed by atoms with Crippen LogP contribution in [0.1, 0.15) is 91.2 Å². The minimum Gasteiger partial charge on any atom is -0.349 e. The van der Waals surface area contributed by atoms with E-state index in [-0.39, 0.29) is 58.1 Å². The lowest BCUT2D eigenvalue weighted by Crippen LogP contribution is -2.38. The van der Waals surface area contributed by atoms with Gasteiger partial charge in [0.25, 0.3) is 42.6 Å². The Labute approximate surface area is 534 Å². The van der Waals surface area contributed by atoms with E-state index in [2.05, 4.69) is 15.3 Å². The van der Waals surface area contributed by atoms with Crippen molar-refractivity contribution in [1.82, 2.24) is 33.2 Å². The number of nitro benzene ring substituents is 2. The van der Waals surface area contributed by atoms with Crippen molar-refractivity contribution in [1.29, 1.82) is 0 Å². The molecule has 4 aromatic heterocycles. The maximum Gasteiger partial charge on any atom is 0.269 e. The van der Waals surface area contributed by atoms with Crippen molar-refractivity contribution < 1.29 is 36.3 Å². The molecule has 10 aromatic rings. The molecular formula is C65H61Cl3N10O10S2. The molecule has 4 heterocycles. The number of rotatable bonds is 15. The Morgan fingerprint density at radius 3 is 1.41 bits per heavy atom. The smallest absolute Gasteiger partial charge is 0.269 e. The van der Waals surface area contributed by atoms with Gasteiger partial charge in [-0.05, 0) is 123 Å². The van der Waals surface area contributed by atoms with Crippen LogP contribution in [-0.2, 0) is 32.9 Å². The molecule has 4 atom stereocenters. The molecule has 20 nitrogen and oxygen atoms in total. The number of para-hydroxylation sites is 2. The predicted molar refractivity (Wildman–Crippen MR) is 348 cm³/mol. The first-order valence-corrected chi connectivity index (χ1v) is 32.4. The molecule has 2 saturated carbocycles. The van der Waals surface area contributed by atoms with Crippen LogP contribution in [0.4, 0.5) is 11.4 Å². The van der Waals surface area contributed by atoms with Gasteiger partial charge in [-0.3, -0.25) is 29.8 Å². The van der Waals surface area contributed by atoms with Crippen LogP contribution in [0.25, 0.3) is 44.3 Å². The molecule has 0 bridgehead atoms. The van der Waals surface area contributed by atoms with Crippen molar-refractivity contribution in [3.8, 4) is 22.5 Å². The lowest BCUT2D eigenvalue weighted by atomic mass is 9.83. The molecule has 2 aliphatic carbocycles. The average Bonchev–Trinajstić information content (AvgIpc) is 1.61. The summed E-state index contributed by atoms with van der Waals surface area (Å²) in [5, 5.41) is 25.7. The summed E-state index contributed by atoms with van der Waals surface area (Å²) in [5.41, 5.74) is 9.99. The largest absolute Gasteiger partial charge is 0.349 e. The van der Waals surface area contributed by atoms with Crippen LogP contribution in [0.3, 0.4) is 0 Å². The van der Waals surface area contributed by atoms with E-state index in [1.807, 2.05) is 30.3 Å². The summed E-state index contributed by atoms with van der Waals surface area (Å²) in [6, 6.07) is 42.1. The Bertz CT molecular complexity index is 4450. The molecule has 3 N–H and O–H groups in total. The van der Waals surface area contributed by atoms with Crippen molar-refractivity contribution in [2.24, 2.45) is 17.6 Å². The van der Waals surface area contributed by atoms with E-state index in [9.17, 15) is 46.7 Å². The number of non-ortho nitro benzene ring substituents is 2. The minimum atomic E-state index is -3.87. The van der Waals surface area contributed by atoms with E-state index in [0.717, 1.165) is 63.2 Å². The first-order valence-electron chi connectivity index (χ1n) is 28.3. The van der Waals surface area contributed by atoms with Gasteiger partial charge in [-0.15, -0.1) is 0 Å². The highest BCUT2D eigenvalue weighted by Gasteiger charge is 2.29. The monoisotopic (exact) mass is 1310 g/mol. The average molecular weight is 1310 g/mol. The van der Waals surface area contributed by atoms with Gasteiger partial charge in [-0.1, -0.05) is 116 Å². The standard InChI is InChI=1S/C32H28ClN5O5S.C25H25ClN4O2S.C7H4ClNO3.CH4/c33-28-19-34-30(18-21-7-6-8-23(17-21)35-32(39)22-13-15-24(16-14-22)38(40)41)36-31(28)27-20-37(29-12-5-4-11-26(27)29)44(42,43)25-9-2-1-3-10-25;26-22-15-28-24(14-17-7-6-8-18(27)13-17)29-25(22)21-16-30(23-12-5-4-11-20(21)23)33(31,32)19-9-2-1-3-10-19;8-7(10)5-1-3-6(4-2-5)9(11)12;/h1-5,9-16,19-21,23H,6-8,17-18H2,(H,35,39);1-5,9-12,15-18H,6-8,13-14,27H2;1-4H;1H4. The van der Waals surface area contributed by atoms with E-state index in [1.54, 1.807) is 104 Å². The molecule has 1 amide bonds. The molecule has 2 fully saturated rings.